The van der Waals surface area contributed by atoms with Crippen LogP contribution in [0.25, 0.3) is 28.7 Å². The Morgan fingerprint density at radius 3 is 2.59 bits per heavy atom. The summed E-state index contributed by atoms with van der Waals surface area (Å²) in [5, 5.41) is 6.54. The summed E-state index contributed by atoms with van der Waals surface area (Å²) in [5.41, 5.74) is 7.37. The summed E-state index contributed by atoms with van der Waals surface area (Å²) in [6, 6.07) is 10.2. The third-order valence-electron chi connectivity index (χ3n) is 5.14. The number of nitrogens with one attached hydrogen (secondary N) is 2. The van der Waals surface area contributed by atoms with Crippen LogP contribution in [0.5, 0.6) is 0 Å². The van der Waals surface area contributed by atoms with Gasteiger partial charge in [0.05, 0.1) is 24.1 Å². The number of hydrogen-bond donors (Lipinski definition) is 2. The van der Waals surface area contributed by atoms with Gasteiger partial charge < -0.3 is 15.2 Å². The maximum Gasteiger partial charge on any atom is 0.127 e. The quantitative estimate of drug-likeness (QED) is 0.445. The van der Waals surface area contributed by atoms with Gasteiger partial charge in [-0.05, 0) is 49.2 Å². The van der Waals surface area contributed by atoms with E-state index >= 15 is 0 Å². The van der Waals surface area contributed by atoms with Crippen LogP contribution in [-0.4, -0.2) is 31.6 Å². The van der Waals surface area contributed by atoms with Crippen LogP contribution in [0.1, 0.15) is 22.6 Å². The first-order valence-electron chi connectivity index (χ1n) is 10.6. The van der Waals surface area contributed by atoms with Crippen LogP contribution < -0.4 is 10.6 Å². The monoisotopic (exact) mass is 425 g/mol. The van der Waals surface area contributed by atoms with Crippen molar-refractivity contribution in [2.75, 3.05) is 7.05 Å². The summed E-state index contributed by atoms with van der Waals surface area (Å²) < 4.78 is 2.07. The van der Waals surface area contributed by atoms with Crippen molar-refractivity contribution < 1.29 is 0 Å². The smallest absolute Gasteiger partial charge is 0.127 e. The highest BCUT2D eigenvalue weighted by Crippen LogP contribution is 2.22. The van der Waals surface area contributed by atoms with E-state index in [-0.39, 0.29) is 0 Å². The molecule has 0 aliphatic rings. The lowest BCUT2D eigenvalue weighted by molar-refractivity contribution is 0.657. The van der Waals surface area contributed by atoms with Gasteiger partial charge in [-0.3, -0.25) is 15.0 Å². The van der Waals surface area contributed by atoms with E-state index < -0.39 is 0 Å². The lowest BCUT2D eigenvalue weighted by Crippen LogP contribution is -2.16. The van der Waals surface area contributed by atoms with Gasteiger partial charge in [0.15, 0.2) is 0 Å². The SMILES string of the molecule is CN/C=C\n1c(-c2cccnc2)cnc1CNCc1cnc(-c2ccnc(C)c2)c(C)c1. The molecular formula is C25H27N7. The van der Waals surface area contributed by atoms with Crippen LogP contribution in [0.15, 0.2) is 67.5 Å². The second-order valence-corrected chi connectivity index (χ2v) is 7.57. The van der Waals surface area contributed by atoms with Crippen molar-refractivity contribution in [2.24, 2.45) is 0 Å². The van der Waals surface area contributed by atoms with Crippen molar-refractivity contribution in [3.8, 4) is 22.5 Å². The van der Waals surface area contributed by atoms with E-state index in [4.69, 9.17) is 4.98 Å². The van der Waals surface area contributed by atoms with Gasteiger partial charge in [0.1, 0.15) is 5.82 Å². The lowest BCUT2D eigenvalue weighted by Gasteiger charge is -2.10. The molecule has 2 N–H and O–H groups in total. The lowest BCUT2D eigenvalue weighted by atomic mass is 10.1. The van der Waals surface area contributed by atoms with Crippen molar-refractivity contribution in [1.29, 1.82) is 0 Å². The molecule has 4 aromatic rings. The minimum Gasteiger partial charge on any atom is -0.393 e. The minimum absolute atomic E-state index is 0.624. The normalized spacial score (nSPS) is 11.2. The van der Waals surface area contributed by atoms with E-state index in [2.05, 4.69) is 49.2 Å². The predicted molar refractivity (Wildman–Crippen MR) is 127 cm³/mol. The van der Waals surface area contributed by atoms with Gasteiger partial charge >= 0.3 is 0 Å². The number of nitrogens with zero attached hydrogens (tertiary/aromatic N) is 5. The van der Waals surface area contributed by atoms with Crippen LogP contribution >= 0.6 is 0 Å². The Labute approximate surface area is 188 Å². The highest BCUT2D eigenvalue weighted by Gasteiger charge is 2.11. The molecule has 4 heterocycles. The Morgan fingerprint density at radius 2 is 1.84 bits per heavy atom. The van der Waals surface area contributed by atoms with Crippen molar-refractivity contribution in [3.05, 3.63) is 90.2 Å². The maximum absolute atomic E-state index is 4.70. The number of imidazole rings is 1. The third kappa shape index (κ3) is 4.90. The molecule has 0 aliphatic heterocycles. The predicted octanol–water partition coefficient (Wildman–Crippen LogP) is 3.96. The summed E-state index contributed by atoms with van der Waals surface area (Å²) in [5.74, 6) is 0.920. The Bertz CT molecular complexity index is 1210. The molecule has 4 aromatic heterocycles. The van der Waals surface area contributed by atoms with Crippen molar-refractivity contribution in [3.63, 3.8) is 0 Å². The molecule has 0 atom stereocenters. The zero-order valence-corrected chi connectivity index (χ0v) is 18.6. The molecule has 0 saturated heterocycles. The zero-order chi connectivity index (χ0) is 22.3. The van der Waals surface area contributed by atoms with Gasteiger partial charge in [0.25, 0.3) is 0 Å². The van der Waals surface area contributed by atoms with E-state index in [0.717, 1.165) is 45.2 Å². The molecule has 0 bridgehead atoms. The molecule has 0 unspecified atom stereocenters. The van der Waals surface area contributed by atoms with Gasteiger partial charge in [-0.25, -0.2) is 4.98 Å². The molecular weight excluding hydrogens is 398 g/mol. The molecule has 4 rings (SSSR count). The Morgan fingerprint density at radius 1 is 0.938 bits per heavy atom. The molecule has 7 heteroatoms. The largest absolute Gasteiger partial charge is 0.393 e. The number of aromatic nitrogens is 5. The van der Waals surface area contributed by atoms with E-state index in [1.807, 2.05) is 69.4 Å². The fraction of sp³-hybridized carbons (Fsp3) is 0.200. The summed E-state index contributed by atoms with van der Waals surface area (Å²) in [6.07, 6.45) is 13.1. The molecule has 0 saturated carbocycles. The van der Waals surface area contributed by atoms with Crippen LogP contribution in [0.4, 0.5) is 0 Å². The van der Waals surface area contributed by atoms with Gasteiger partial charge in [-0.15, -0.1) is 0 Å². The van der Waals surface area contributed by atoms with Crippen LogP contribution in [0, 0.1) is 13.8 Å². The van der Waals surface area contributed by atoms with Gasteiger partial charge in [0, 0.05) is 67.6 Å². The molecule has 0 amide bonds. The van der Waals surface area contributed by atoms with E-state index in [9.17, 15) is 0 Å². The summed E-state index contributed by atoms with van der Waals surface area (Å²) in [4.78, 5) is 17.8. The van der Waals surface area contributed by atoms with Crippen LogP contribution in [-0.2, 0) is 13.1 Å². The number of pyridine rings is 3. The summed E-state index contributed by atoms with van der Waals surface area (Å²) in [7, 11) is 1.88. The molecule has 32 heavy (non-hydrogen) atoms. The van der Waals surface area contributed by atoms with Crippen molar-refractivity contribution in [2.45, 2.75) is 26.9 Å². The Hall–Kier alpha value is -3.84. The Balaban J connectivity index is 1.47. The maximum atomic E-state index is 4.70. The first kappa shape index (κ1) is 21.4. The topological polar surface area (TPSA) is 80.5 Å². The summed E-state index contributed by atoms with van der Waals surface area (Å²) >= 11 is 0. The van der Waals surface area contributed by atoms with Crippen molar-refractivity contribution >= 4 is 6.20 Å². The zero-order valence-electron chi connectivity index (χ0n) is 18.6. The molecule has 0 aliphatic carbocycles. The van der Waals surface area contributed by atoms with Crippen molar-refractivity contribution in [1.82, 2.24) is 35.1 Å². The highest BCUT2D eigenvalue weighted by molar-refractivity contribution is 5.63. The highest BCUT2D eigenvalue weighted by atomic mass is 15.1. The van der Waals surface area contributed by atoms with Gasteiger partial charge in [-0.1, -0.05) is 6.07 Å². The second-order valence-electron chi connectivity index (χ2n) is 7.57. The summed E-state index contributed by atoms with van der Waals surface area (Å²) in [6.45, 7) is 5.41. The van der Waals surface area contributed by atoms with Gasteiger partial charge in [0.2, 0.25) is 0 Å². The van der Waals surface area contributed by atoms with E-state index in [0.29, 0.717) is 13.1 Å². The fourth-order valence-corrected chi connectivity index (χ4v) is 3.62. The fourth-order valence-electron chi connectivity index (χ4n) is 3.62. The van der Waals surface area contributed by atoms with E-state index in [1.54, 1.807) is 6.20 Å². The van der Waals surface area contributed by atoms with Gasteiger partial charge in [-0.2, -0.15) is 0 Å². The first-order valence-corrected chi connectivity index (χ1v) is 10.6. The molecule has 0 fully saturated rings. The first-order chi connectivity index (χ1) is 15.7. The minimum atomic E-state index is 0.624. The van der Waals surface area contributed by atoms with Crippen LogP contribution in [0.3, 0.4) is 0 Å². The number of rotatable bonds is 8. The standard InChI is InChI=1S/C25H27N7/c1-18-11-20(14-31-25(18)21-6-8-29-19(2)12-21)13-28-17-24-30-16-23(32(24)10-9-26-3)22-5-4-7-27-15-22/h4-12,14-16,26,28H,13,17H2,1-3H3/b10-9-. The number of aryl methyl sites for hydroxylation is 2. The Kier molecular flexibility index (Phi) is 6.67. The second kappa shape index (κ2) is 9.98. The number of hydrogen-bond acceptors (Lipinski definition) is 6. The molecule has 0 aromatic carbocycles. The third-order valence-corrected chi connectivity index (χ3v) is 5.14. The molecule has 7 nitrogen and oxygen atoms in total. The average Bonchev–Trinajstić information content (AvgIpc) is 3.21. The molecule has 0 radical (unpaired) electrons. The van der Waals surface area contributed by atoms with Crippen LogP contribution in [0.2, 0.25) is 0 Å². The molecule has 162 valence electrons. The van der Waals surface area contributed by atoms with E-state index in [1.165, 1.54) is 0 Å². The molecule has 0 spiro atoms. The average molecular weight is 426 g/mol.